The van der Waals surface area contributed by atoms with Crippen LogP contribution >= 0.6 is 0 Å². The summed E-state index contributed by atoms with van der Waals surface area (Å²) in [6.45, 7) is 4.83. The second kappa shape index (κ2) is 20.2. The van der Waals surface area contributed by atoms with Crippen molar-refractivity contribution in [1.29, 1.82) is 0 Å². The van der Waals surface area contributed by atoms with Crippen LogP contribution in [-0.4, -0.2) is 50.5 Å². The Hall–Kier alpha value is -0.143. The van der Waals surface area contributed by atoms with E-state index in [0.717, 1.165) is 5.54 Å². The van der Waals surface area contributed by atoms with Gasteiger partial charge in [0.2, 0.25) is 0 Å². The van der Waals surface area contributed by atoms with Crippen LogP contribution in [0.4, 0.5) is 5.69 Å². The minimum absolute atomic E-state index is 0. The van der Waals surface area contributed by atoms with Gasteiger partial charge in [-0.1, -0.05) is 74.7 Å². The number of hydrogen-bond acceptors (Lipinski definition) is 0. The van der Waals surface area contributed by atoms with E-state index in [1.165, 1.54) is 31.4 Å². The third-order valence-corrected chi connectivity index (χ3v) is 6.94. The molecule has 6 heteroatoms. The summed E-state index contributed by atoms with van der Waals surface area (Å²) in [5, 5.41) is 10.5. The van der Waals surface area contributed by atoms with E-state index in [9.17, 15) is 0 Å². The van der Waals surface area contributed by atoms with E-state index in [0.29, 0.717) is 0 Å². The summed E-state index contributed by atoms with van der Waals surface area (Å²) in [5.74, 6) is 0. The Labute approximate surface area is 173 Å². The third-order valence-electron chi connectivity index (χ3n) is 3.53. The molecule has 0 atom stereocenters. The van der Waals surface area contributed by atoms with Crippen LogP contribution in [-0.2, 0) is 22.4 Å². The quantitative estimate of drug-likeness (QED) is 0.390. The van der Waals surface area contributed by atoms with Gasteiger partial charge in [0.05, 0.1) is 0 Å². The second-order valence-electron chi connectivity index (χ2n) is 6.42. The van der Waals surface area contributed by atoms with E-state index in [4.69, 9.17) is 4.98 Å². The van der Waals surface area contributed by atoms with E-state index in [2.05, 4.69) is 59.4 Å². The first kappa shape index (κ1) is 29.6. The molecule has 0 aliphatic heterocycles. The van der Waals surface area contributed by atoms with Crippen molar-refractivity contribution in [2.24, 2.45) is 0 Å². The van der Waals surface area contributed by atoms with Crippen LogP contribution < -0.4 is 0 Å². The monoisotopic (exact) mass is 531 g/mol. The van der Waals surface area contributed by atoms with Gasteiger partial charge in [0.1, 0.15) is 0 Å². The zero-order valence-corrected chi connectivity index (χ0v) is 21.7. The maximum Gasteiger partial charge on any atom is 5.00 e. The van der Waals surface area contributed by atoms with Crippen LogP contribution in [0.15, 0.2) is 30.3 Å². The van der Waals surface area contributed by atoms with Gasteiger partial charge in [-0.2, -0.15) is 42.3 Å². The summed E-state index contributed by atoms with van der Waals surface area (Å²) in [7, 11) is 9.11. The minimum Gasteiger partial charge on any atom is -0.687 e. The Kier molecular flexibility index (Phi) is 23.9. The van der Waals surface area contributed by atoms with Gasteiger partial charge in [-0.05, 0) is 8.24 Å². The third kappa shape index (κ3) is 17.0. The molecule has 142 valence electrons. The Morgan fingerprint density at radius 2 is 1.12 bits per heavy atom. The molecule has 0 aromatic heterocycles. The number of hydrogen-bond donors (Lipinski definition) is 0. The summed E-state index contributed by atoms with van der Waals surface area (Å²) in [6, 6.07) is 10.5. The van der Waals surface area contributed by atoms with Crippen molar-refractivity contribution < 1.29 is 22.4 Å². The molecule has 1 fully saturated rings. The molecule has 0 bridgehead atoms. The molecule has 1 aromatic carbocycles. The zero-order valence-electron chi connectivity index (χ0n) is 17.5. The van der Waals surface area contributed by atoms with E-state index < -0.39 is 8.24 Å². The molecule has 0 radical (unpaired) electrons. The Bertz CT molecular complexity index is 353. The SMILES string of the molecule is C[N-]C.C[N-]C.C[N-]C.C[Si](C)([N-]c1ccccc1)C1CCCC1.[Ta+5]. The van der Waals surface area contributed by atoms with E-state index in [1.54, 1.807) is 42.3 Å². The van der Waals surface area contributed by atoms with Crippen LogP contribution in [0.5, 0.6) is 0 Å². The van der Waals surface area contributed by atoms with Crippen LogP contribution in [0.25, 0.3) is 20.9 Å². The summed E-state index contributed by atoms with van der Waals surface area (Å²) in [6.07, 6.45) is 5.67. The molecule has 2 rings (SSSR count). The fourth-order valence-corrected chi connectivity index (χ4v) is 5.38. The summed E-state index contributed by atoms with van der Waals surface area (Å²) < 4.78 is 0. The van der Waals surface area contributed by atoms with Crippen molar-refractivity contribution in [2.45, 2.75) is 44.3 Å². The van der Waals surface area contributed by atoms with E-state index >= 15 is 0 Å². The summed E-state index contributed by atoms with van der Waals surface area (Å²) in [5.41, 5.74) is 2.10. The van der Waals surface area contributed by atoms with Gasteiger partial charge in [0.15, 0.2) is 0 Å². The average molecular weight is 532 g/mol. The van der Waals surface area contributed by atoms with Crippen LogP contribution in [0.1, 0.15) is 25.7 Å². The standard InChI is InChI=1S/C13H20NSi.3C2H6N.Ta/c1-15(2,13-10-6-7-11-13)14-12-8-4-3-5-9-12;3*1-3-2;/h3-5,8-9,13H,6-7,10-11H2,1-2H3;3*1-2H3;/q4*-1;+5. The van der Waals surface area contributed by atoms with Crippen LogP contribution in [0.3, 0.4) is 0 Å². The molecule has 1 aliphatic rings. The normalized spacial score (nSPS) is 13.0. The van der Waals surface area contributed by atoms with Gasteiger partial charge in [-0.3, -0.25) is 0 Å². The Morgan fingerprint density at radius 1 is 0.760 bits per heavy atom. The maximum absolute atomic E-state index is 5.01. The zero-order chi connectivity index (χ0) is 18.8. The molecule has 0 N–H and O–H groups in total. The fourth-order valence-electron chi connectivity index (χ4n) is 2.56. The van der Waals surface area contributed by atoms with E-state index in [1.807, 2.05) is 0 Å². The maximum atomic E-state index is 5.01. The molecule has 0 amide bonds. The molecular weight excluding hydrogens is 493 g/mol. The van der Waals surface area contributed by atoms with Crippen LogP contribution in [0, 0.1) is 0 Å². The number of nitrogens with zero attached hydrogens (tertiary/aromatic N) is 4. The molecule has 0 saturated heterocycles. The van der Waals surface area contributed by atoms with Gasteiger partial charge in [0.25, 0.3) is 0 Å². The molecule has 0 heterocycles. The molecular formula is C19H38N4SiTa+. The van der Waals surface area contributed by atoms with Gasteiger partial charge in [-0.15, -0.1) is 5.69 Å². The molecule has 1 saturated carbocycles. The Morgan fingerprint density at radius 3 is 1.48 bits per heavy atom. The molecule has 1 aromatic rings. The van der Waals surface area contributed by atoms with Crippen molar-refractivity contribution >= 4 is 13.9 Å². The van der Waals surface area contributed by atoms with Crippen molar-refractivity contribution in [1.82, 2.24) is 0 Å². The Balaban J connectivity index is -0.000000412. The van der Waals surface area contributed by atoms with Gasteiger partial charge in [-0.25, -0.2) is 0 Å². The van der Waals surface area contributed by atoms with Gasteiger partial charge in [0, 0.05) is 0 Å². The predicted octanol–water partition coefficient (Wildman–Crippen LogP) is 6.70. The first-order chi connectivity index (χ1) is 11.4. The molecule has 0 spiro atoms. The van der Waals surface area contributed by atoms with Crippen molar-refractivity contribution in [3.63, 3.8) is 0 Å². The van der Waals surface area contributed by atoms with Gasteiger partial charge >= 0.3 is 22.4 Å². The topological polar surface area (TPSA) is 56.4 Å². The van der Waals surface area contributed by atoms with Crippen molar-refractivity contribution in [3.8, 4) is 0 Å². The number of rotatable bonds is 3. The first-order valence-corrected chi connectivity index (χ1v) is 11.7. The van der Waals surface area contributed by atoms with E-state index in [-0.39, 0.29) is 22.4 Å². The fraction of sp³-hybridized carbons (Fsp3) is 0.684. The molecule has 4 nitrogen and oxygen atoms in total. The number of benzene rings is 1. The van der Waals surface area contributed by atoms with Crippen molar-refractivity contribution in [2.75, 3.05) is 42.3 Å². The van der Waals surface area contributed by atoms with Crippen LogP contribution in [0.2, 0.25) is 18.6 Å². The molecule has 25 heavy (non-hydrogen) atoms. The first-order valence-electron chi connectivity index (χ1n) is 8.65. The summed E-state index contributed by atoms with van der Waals surface area (Å²) >= 11 is 0. The largest absolute Gasteiger partial charge is 5.00 e. The summed E-state index contributed by atoms with van der Waals surface area (Å²) in [4.78, 5) is 5.01. The smallest absolute Gasteiger partial charge is 0.687 e. The van der Waals surface area contributed by atoms with Crippen molar-refractivity contribution in [3.05, 3.63) is 51.3 Å². The minimum atomic E-state index is -1.39. The average Bonchev–Trinajstić information content (AvgIpc) is 3.05. The molecule has 0 unspecified atom stereocenters. The molecule has 1 aliphatic carbocycles. The predicted molar refractivity (Wildman–Crippen MR) is 115 cm³/mol. The van der Waals surface area contributed by atoms with Gasteiger partial charge < -0.3 is 20.9 Å². The second-order valence-corrected chi connectivity index (χ2v) is 10.8.